The third-order valence-electron chi connectivity index (χ3n) is 2.85. The lowest BCUT2D eigenvalue weighted by Crippen LogP contribution is -2.30. The van der Waals surface area contributed by atoms with Crippen LogP contribution in [0.5, 0.6) is 0 Å². The largest absolute Gasteiger partial charge is 0.381 e. The van der Waals surface area contributed by atoms with Crippen LogP contribution in [-0.4, -0.2) is 19.1 Å². The lowest BCUT2D eigenvalue weighted by atomic mass is 10.1. The Morgan fingerprint density at radius 3 is 3.12 bits per heavy atom. The Morgan fingerprint density at radius 1 is 1.56 bits per heavy atom. The van der Waals surface area contributed by atoms with E-state index in [9.17, 15) is 4.79 Å². The van der Waals surface area contributed by atoms with Crippen molar-refractivity contribution in [2.24, 2.45) is 5.92 Å². The Hall–Kier alpha value is -1.35. The highest BCUT2D eigenvalue weighted by atomic mass is 16.5. The lowest BCUT2D eigenvalue weighted by molar-refractivity contribution is -0.125. The van der Waals surface area contributed by atoms with E-state index >= 15 is 0 Å². The van der Waals surface area contributed by atoms with Crippen molar-refractivity contribution in [2.45, 2.75) is 19.9 Å². The normalized spacial score (nSPS) is 19.7. The molecule has 1 aromatic rings. The molecule has 3 nitrogen and oxygen atoms in total. The molecule has 1 atom stereocenters. The molecule has 1 aliphatic heterocycles. The second-order valence-corrected chi connectivity index (χ2v) is 4.27. The van der Waals surface area contributed by atoms with Crippen LogP contribution in [0, 0.1) is 12.8 Å². The molecule has 3 heteroatoms. The van der Waals surface area contributed by atoms with Crippen LogP contribution < -0.4 is 5.32 Å². The van der Waals surface area contributed by atoms with Gasteiger partial charge >= 0.3 is 0 Å². The SMILES string of the molecule is Cc1cccc(CNC(=O)C2CCOC2)c1. The molecule has 1 saturated heterocycles. The van der Waals surface area contributed by atoms with Crippen molar-refractivity contribution >= 4 is 5.91 Å². The summed E-state index contributed by atoms with van der Waals surface area (Å²) in [5.74, 6) is 0.156. The molecule has 0 aliphatic carbocycles. The molecule has 0 spiro atoms. The molecule has 1 amide bonds. The Morgan fingerprint density at radius 2 is 2.44 bits per heavy atom. The molecule has 2 rings (SSSR count). The first-order valence-electron chi connectivity index (χ1n) is 5.67. The van der Waals surface area contributed by atoms with Gasteiger partial charge in [0.15, 0.2) is 0 Å². The van der Waals surface area contributed by atoms with Gasteiger partial charge in [-0.25, -0.2) is 0 Å². The number of aryl methyl sites for hydroxylation is 1. The number of hydrogen-bond donors (Lipinski definition) is 1. The molecule has 0 bridgehead atoms. The highest BCUT2D eigenvalue weighted by Gasteiger charge is 2.22. The van der Waals surface area contributed by atoms with Crippen LogP contribution in [0.4, 0.5) is 0 Å². The molecule has 0 aromatic heterocycles. The molecular formula is C13H17NO2. The maximum atomic E-state index is 11.7. The molecule has 1 unspecified atom stereocenters. The molecule has 86 valence electrons. The Kier molecular flexibility index (Phi) is 3.57. The molecule has 1 heterocycles. The van der Waals surface area contributed by atoms with E-state index in [-0.39, 0.29) is 11.8 Å². The number of amides is 1. The van der Waals surface area contributed by atoms with Gasteiger partial charge in [-0.2, -0.15) is 0 Å². The quantitative estimate of drug-likeness (QED) is 0.839. The zero-order valence-corrected chi connectivity index (χ0v) is 9.53. The van der Waals surface area contributed by atoms with Gasteiger partial charge in [-0.15, -0.1) is 0 Å². The number of benzene rings is 1. The van der Waals surface area contributed by atoms with Crippen LogP contribution in [0.25, 0.3) is 0 Å². The second-order valence-electron chi connectivity index (χ2n) is 4.27. The Labute approximate surface area is 95.8 Å². The van der Waals surface area contributed by atoms with Gasteiger partial charge in [-0.3, -0.25) is 4.79 Å². The number of nitrogens with one attached hydrogen (secondary N) is 1. The summed E-state index contributed by atoms with van der Waals surface area (Å²) in [6.45, 7) is 3.94. The van der Waals surface area contributed by atoms with E-state index in [1.54, 1.807) is 0 Å². The average Bonchev–Trinajstić information content (AvgIpc) is 2.79. The number of carbonyl (C=O) groups is 1. The minimum absolute atomic E-state index is 0.0461. The topological polar surface area (TPSA) is 38.3 Å². The van der Waals surface area contributed by atoms with E-state index in [1.165, 1.54) is 5.56 Å². The van der Waals surface area contributed by atoms with Gasteiger partial charge in [-0.1, -0.05) is 29.8 Å². The zero-order chi connectivity index (χ0) is 11.4. The summed E-state index contributed by atoms with van der Waals surface area (Å²) in [7, 11) is 0. The second kappa shape index (κ2) is 5.12. The summed E-state index contributed by atoms with van der Waals surface area (Å²) in [6, 6.07) is 8.18. The van der Waals surface area contributed by atoms with Gasteiger partial charge in [0.1, 0.15) is 0 Å². The summed E-state index contributed by atoms with van der Waals surface area (Å²) >= 11 is 0. The smallest absolute Gasteiger partial charge is 0.225 e. The lowest BCUT2D eigenvalue weighted by Gasteiger charge is -2.09. The summed E-state index contributed by atoms with van der Waals surface area (Å²) < 4.78 is 5.19. The number of carbonyl (C=O) groups excluding carboxylic acids is 1. The first kappa shape index (κ1) is 11.1. The van der Waals surface area contributed by atoms with Crippen molar-refractivity contribution < 1.29 is 9.53 Å². The Balaban J connectivity index is 1.84. The van der Waals surface area contributed by atoms with Crippen LogP contribution in [0.2, 0.25) is 0 Å². The van der Waals surface area contributed by atoms with Crippen LogP contribution in [0.1, 0.15) is 17.5 Å². The third kappa shape index (κ3) is 2.83. The molecular weight excluding hydrogens is 202 g/mol. The first-order chi connectivity index (χ1) is 7.75. The van der Waals surface area contributed by atoms with Crippen molar-refractivity contribution in [1.29, 1.82) is 0 Å². The number of rotatable bonds is 3. The molecule has 16 heavy (non-hydrogen) atoms. The standard InChI is InChI=1S/C13H17NO2/c1-10-3-2-4-11(7-10)8-14-13(15)12-5-6-16-9-12/h2-4,7,12H,5-6,8-9H2,1H3,(H,14,15). The van der Waals surface area contributed by atoms with E-state index in [2.05, 4.69) is 24.4 Å². The first-order valence-corrected chi connectivity index (χ1v) is 5.67. The van der Waals surface area contributed by atoms with Gasteiger partial charge in [0.05, 0.1) is 12.5 Å². The van der Waals surface area contributed by atoms with Crippen LogP contribution in [0.15, 0.2) is 24.3 Å². The fourth-order valence-electron chi connectivity index (χ4n) is 1.90. The van der Waals surface area contributed by atoms with Gasteiger partial charge in [-0.05, 0) is 18.9 Å². The summed E-state index contributed by atoms with van der Waals surface area (Å²) in [5, 5.41) is 2.95. The van der Waals surface area contributed by atoms with E-state index in [4.69, 9.17) is 4.74 Å². The van der Waals surface area contributed by atoms with Crippen LogP contribution >= 0.6 is 0 Å². The third-order valence-corrected chi connectivity index (χ3v) is 2.85. The maximum Gasteiger partial charge on any atom is 0.225 e. The van der Waals surface area contributed by atoms with E-state index in [0.717, 1.165) is 12.0 Å². The molecule has 0 radical (unpaired) electrons. The minimum Gasteiger partial charge on any atom is -0.381 e. The molecule has 1 fully saturated rings. The van der Waals surface area contributed by atoms with Gasteiger partial charge in [0, 0.05) is 13.2 Å². The predicted molar refractivity (Wildman–Crippen MR) is 62.0 cm³/mol. The van der Waals surface area contributed by atoms with Crippen molar-refractivity contribution in [3.8, 4) is 0 Å². The molecule has 1 N–H and O–H groups in total. The van der Waals surface area contributed by atoms with Gasteiger partial charge in [0.2, 0.25) is 5.91 Å². The predicted octanol–water partition coefficient (Wildman–Crippen LogP) is 1.65. The zero-order valence-electron chi connectivity index (χ0n) is 9.53. The van der Waals surface area contributed by atoms with Crippen molar-refractivity contribution in [2.75, 3.05) is 13.2 Å². The average molecular weight is 219 g/mol. The number of ether oxygens (including phenoxy) is 1. The highest BCUT2D eigenvalue weighted by molar-refractivity contribution is 5.78. The summed E-state index contributed by atoms with van der Waals surface area (Å²) in [4.78, 5) is 11.7. The van der Waals surface area contributed by atoms with Crippen LogP contribution in [-0.2, 0) is 16.1 Å². The molecule has 1 aromatic carbocycles. The summed E-state index contributed by atoms with van der Waals surface area (Å²) in [5.41, 5.74) is 2.36. The summed E-state index contributed by atoms with van der Waals surface area (Å²) in [6.07, 6.45) is 0.847. The van der Waals surface area contributed by atoms with Gasteiger partial charge in [0.25, 0.3) is 0 Å². The highest BCUT2D eigenvalue weighted by Crippen LogP contribution is 2.12. The Bertz CT molecular complexity index is 370. The fraction of sp³-hybridized carbons (Fsp3) is 0.462. The van der Waals surface area contributed by atoms with E-state index in [1.807, 2.05) is 12.1 Å². The van der Waals surface area contributed by atoms with E-state index < -0.39 is 0 Å². The number of hydrogen-bond acceptors (Lipinski definition) is 2. The monoisotopic (exact) mass is 219 g/mol. The van der Waals surface area contributed by atoms with Crippen molar-refractivity contribution in [3.63, 3.8) is 0 Å². The van der Waals surface area contributed by atoms with Crippen molar-refractivity contribution in [1.82, 2.24) is 5.32 Å². The minimum atomic E-state index is 0.0461. The molecule has 0 saturated carbocycles. The van der Waals surface area contributed by atoms with Crippen LogP contribution in [0.3, 0.4) is 0 Å². The maximum absolute atomic E-state index is 11.7. The van der Waals surface area contributed by atoms with Crippen molar-refractivity contribution in [3.05, 3.63) is 35.4 Å². The molecule has 1 aliphatic rings. The fourth-order valence-corrected chi connectivity index (χ4v) is 1.90. The van der Waals surface area contributed by atoms with Gasteiger partial charge < -0.3 is 10.1 Å². The van der Waals surface area contributed by atoms with E-state index in [0.29, 0.717) is 19.8 Å².